The zero-order valence-electron chi connectivity index (χ0n) is 18.9. The number of benzene rings is 3. The molecule has 4 rings (SSSR count). The first kappa shape index (κ1) is 22.9. The van der Waals surface area contributed by atoms with Gasteiger partial charge in [0.15, 0.2) is 0 Å². The standard InChI is InChI=1S/C27H28N2O3S/c1-19-7-6-10-24(20(19)2)32-16-15-28-26(31)22-11-13-23(14-12-22)27-29(25(30)18-33-27)17-21-8-4-3-5-9-21/h3-14,27H,15-18H2,1-2H3,(H,28,31)/t27-/m0/s1. The molecule has 170 valence electrons. The van der Waals surface area contributed by atoms with Gasteiger partial charge < -0.3 is 15.0 Å². The number of hydrogen-bond donors (Lipinski definition) is 1. The van der Waals surface area contributed by atoms with E-state index in [9.17, 15) is 9.59 Å². The van der Waals surface area contributed by atoms with Gasteiger partial charge in [0.1, 0.15) is 17.7 Å². The predicted molar refractivity (Wildman–Crippen MR) is 132 cm³/mol. The van der Waals surface area contributed by atoms with Crippen molar-refractivity contribution >= 4 is 23.6 Å². The van der Waals surface area contributed by atoms with Crippen LogP contribution in [0.3, 0.4) is 0 Å². The van der Waals surface area contributed by atoms with Gasteiger partial charge in [0.2, 0.25) is 5.91 Å². The van der Waals surface area contributed by atoms with Crippen LogP contribution in [-0.4, -0.2) is 35.6 Å². The lowest BCUT2D eigenvalue weighted by atomic mass is 10.1. The lowest BCUT2D eigenvalue weighted by molar-refractivity contribution is -0.128. The van der Waals surface area contributed by atoms with Crippen LogP contribution in [0.1, 0.15) is 38.0 Å². The van der Waals surface area contributed by atoms with Gasteiger partial charge in [-0.3, -0.25) is 9.59 Å². The van der Waals surface area contributed by atoms with Gasteiger partial charge in [-0.15, -0.1) is 11.8 Å². The number of thioether (sulfide) groups is 1. The summed E-state index contributed by atoms with van der Waals surface area (Å²) in [6.07, 6.45) is 0. The van der Waals surface area contributed by atoms with Crippen LogP contribution in [0.5, 0.6) is 5.75 Å². The van der Waals surface area contributed by atoms with Crippen LogP contribution in [0.25, 0.3) is 0 Å². The summed E-state index contributed by atoms with van der Waals surface area (Å²) >= 11 is 1.62. The molecular formula is C27H28N2O3S. The van der Waals surface area contributed by atoms with Gasteiger partial charge >= 0.3 is 0 Å². The third-order valence-corrected chi connectivity index (χ3v) is 7.08. The van der Waals surface area contributed by atoms with Crippen molar-refractivity contribution in [1.29, 1.82) is 0 Å². The number of carbonyl (C=O) groups is 2. The van der Waals surface area contributed by atoms with Gasteiger partial charge in [-0.2, -0.15) is 0 Å². The highest BCUT2D eigenvalue weighted by atomic mass is 32.2. The van der Waals surface area contributed by atoms with Crippen LogP contribution < -0.4 is 10.1 Å². The normalized spacial score (nSPS) is 15.5. The number of aryl methyl sites for hydroxylation is 1. The fourth-order valence-electron chi connectivity index (χ4n) is 3.79. The highest BCUT2D eigenvalue weighted by molar-refractivity contribution is 8.00. The van der Waals surface area contributed by atoms with Gasteiger partial charge in [-0.05, 0) is 54.3 Å². The molecule has 2 amide bonds. The van der Waals surface area contributed by atoms with Crippen molar-refractivity contribution in [2.75, 3.05) is 18.9 Å². The number of rotatable bonds is 8. The monoisotopic (exact) mass is 460 g/mol. The molecule has 1 saturated heterocycles. The van der Waals surface area contributed by atoms with Crippen LogP contribution in [0.15, 0.2) is 72.8 Å². The largest absolute Gasteiger partial charge is 0.491 e. The first-order valence-corrected chi connectivity index (χ1v) is 12.1. The fraction of sp³-hybridized carbons (Fsp3) is 0.259. The average molecular weight is 461 g/mol. The smallest absolute Gasteiger partial charge is 0.251 e. The maximum atomic E-state index is 12.5. The van der Waals surface area contributed by atoms with Gasteiger partial charge in [0.25, 0.3) is 5.91 Å². The molecule has 0 spiro atoms. The molecule has 3 aromatic carbocycles. The minimum atomic E-state index is -0.137. The molecule has 1 aliphatic heterocycles. The van der Waals surface area contributed by atoms with Crippen molar-refractivity contribution in [2.45, 2.75) is 25.8 Å². The molecule has 0 radical (unpaired) electrons. The molecule has 3 aromatic rings. The summed E-state index contributed by atoms with van der Waals surface area (Å²) in [4.78, 5) is 26.9. The molecule has 1 N–H and O–H groups in total. The topological polar surface area (TPSA) is 58.6 Å². The summed E-state index contributed by atoms with van der Waals surface area (Å²) in [5, 5.41) is 2.87. The zero-order valence-corrected chi connectivity index (χ0v) is 19.7. The predicted octanol–water partition coefficient (Wildman–Crippen LogP) is 4.89. The molecule has 1 aliphatic rings. The third kappa shape index (κ3) is 5.57. The Morgan fingerprint density at radius 2 is 1.79 bits per heavy atom. The minimum absolute atomic E-state index is 0.0409. The second-order valence-corrected chi connectivity index (χ2v) is 9.16. The maximum absolute atomic E-state index is 12.5. The Kier molecular flexibility index (Phi) is 7.35. The maximum Gasteiger partial charge on any atom is 0.251 e. The van der Waals surface area contributed by atoms with E-state index in [1.807, 2.05) is 78.6 Å². The van der Waals surface area contributed by atoms with E-state index in [-0.39, 0.29) is 17.2 Å². The number of amides is 2. The van der Waals surface area contributed by atoms with Crippen LogP contribution >= 0.6 is 11.8 Å². The first-order chi connectivity index (χ1) is 16.0. The Balaban J connectivity index is 1.32. The van der Waals surface area contributed by atoms with E-state index in [1.165, 1.54) is 5.56 Å². The van der Waals surface area contributed by atoms with Gasteiger partial charge in [-0.25, -0.2) is 0 Å². The second kappa shape index (κ2) is 10.6. The molecule has 1 fully saturated rings. The molecule has 0 aromatic heterocycles. The molecule has 33 heavy (non-hydrogen) atoms. The Morgan fingerprint density at radius 1 is 1.03 bits per heavy atom. The Bertz CT molecular complexity index is 1120. The minimum Gasteiger partial charge on any atom is -0.491 e. The van der Waals surface area contributed by atoms with E-state index in [4.69, 9.17) is 4.74 Å². The average Bonchev–Trinajstić information content (AvgIpc) is 3.20. The van der Waals surface area contributed by atoms with Gasteiger partial charge in [0.05, 0.1) is 12.3 Å². The van der Waals surface area contributed by atoms with Crippen molar-refractivity contribution < 1.29 is 14.3 Å². The second-order valence-electron chi connectivity index (χ2n) is 8.10. The molecule has 0 unspecified atom stereocenters. The zero-order chi connectivity index (χ0) is 23.2. The molecule has 0 bridgehead atoms. The fourth-order valence-corrected chi connectivity index (χ4v) is 4.98. The Morgan fingerprint density at radius 3 is 2.55 bits per heavy atom. The molecule has 1 atom stereocenters. The van der Waals surface area contributed by atoms with E-state index in [2.05, 4.69) is 18.3 Å². The van der Waals surface area contributed by atoms with Crippen molar-refractivity contribution in [2.24, 2.45) is 0 Å². The first-order valence-electron chi connectivity index (χ1n) is 11.0. The highest BCUT2D eigenvalue weighted by Gasteiger charge is 2.32. The van der Waals surface area contributed by atoms with Crippen LogP contribution in [0, 0.1) is 13.8 Å². The summed E-state index contributed by atoms with van der Waals surface area (Å²) in [7, 11) is 0. The van der Waals surface area contributed by atoms with Gasteiger partial charge in [0, 0.05) is 12.1 Å². The van der Waals surface area contributed by atoms with Crippen LogP contribution in [0.2, 0.25) is 0 Å². The summed E-state index contributed by atoms with van der Waals surface area (Å²) in [5.74, 6) is 1.32. The van der Waals surface area contributed by atoms with Crippen molar-refractivity contribution in [3.05, 3.63) is 101 Å². The quantitative estimate of drug-likeness (QED) is 0.487. The lowest BCUT2D eigenvalue weighted by Gasteiger charge is -2.24. The summed E-state index contributed by atoms with van der Waals surface area (Å²) in [5.41, 5.74) is 5.02. The third-order valence-electron chi connectivity index (χ3n) is 5.82. The molecule has 6 heteroatoms. The van der Waals surface area contributed by atoms with E-state index < -0.39 is 0 Å². The number of hydrogen-bond acceptors (Lipinski definition) is 4. The molecule has 1 heterocycles. The highest BCUT2D eigenvalue weighted by Crippen LogP contribution is 2.39. The lowest BCUT2D eigenvalue weighted by Crippen LogP contribution is -2.28. The summed E-state index contributed by atoms with van der Waals surface area (Å²) in [6, 6.07) is 23.5. The Labute approximate surface area is 199 Å². The summed E-state index contributed by atoms with van der Waals surface area (Å²) < 4.78 is 5.81. The SMILES string of the molecule is Cc1cccc(OCCNC(=O)c2ccc([C@@H]3SCC(=O)N3Cc3ccccc3)cc2)c1C. The molecule has 0 aliphatic carbocycles. The van der Waals surface area contributed by atoms with Crippen molar-refractivity contribution in [3.8, 4) is 5.75 Å². The number of carbonyl (C=O) groups excluding carboxylic acids is 2. The Hall–Kier alpha value is -3.25. The number of ether oxygens (including phenoxy) is 1. The summed E-state index contributed by atoms with van der Waals surface area (Å²) in [6.45, 7) is 5.49. The van der Waals surface area contributed by atoms with E-state index in [0.29, 0.717) is 31.0 Å². The molecule has 0 saturated carbocycles. The van der Waals surface area contributed by atoms with Crippen molar-refractivity contribution in [3.63, 3.8) is 0 Å². The number of nitrogens with one attached hydrogen (secondary N) is 1. The van der Waals surface area contributed by atoms with Crippen molar-refractivity contribution in [1.82, 2.24) is 10.2 Å². The van der Waals surface area contributed by atoms with E-state index in [0.717, 1.165) is 22.4 Å². The van der Waals surface area contributed by atoms with Crippen LogP contribution in [0.4, 0.5) is 0 Å². The van der Waals surface area contributed by atoms with Crippen LogP contribution in [-0.2, 0) is 11.3 Å². The van der Waals surface area contributed by atoms with E-state index in [1.54, 1.807) is 11.8 Å². The molecular weight excluding hydrogens is 432 g/mol. The number of nitrogens with zero attached hydrogens (tertiary/aromatic N) is 1. The van der Waals surface area contributed by atoms with Gasteiger partial charge in [-0.1, -0.05) is 54.6 Å². The molecule has 5 nitrogen and oxygen atoms in total. The van der Waals surface area contributed by atoms with E-state index >= 15 is 0 Å².